The molecule has 0 aromatic heterocycles. The number of nitrogens with one attached hydrogen (secondary N) is 1. The van der Waals surface area contributed by atoms with Crippen LogP contribution in [0.2, 0.25) is 0 Å². The number of carbonyl (C=O) groups is 1. The number of likely N-dealkylation sites (tertiary alicyclic amines) is 1. The molecule has 0 saturated carbocycles. The second kappa shape index (κ2) is 10.3. The molecule has 0 aliphatic carbocycles. The second-order valence-electron chi connectivity index (χ2n) is 6.67. The summed E-state index contributed by atoms with van der Waals surface area (Å²) in [5.41, 5.74) is 7.94. The molecule has 8 nitrogen and oxygen atoms in total. The van der Waals surface area contributed by atoms with Gasteiger partial charge in [0.15, 0.2) is 0 Å². The quantitative estimate of drug-likeness (QED) is 0.320. The number of alkyl carbamates (subject to hydrolysis) is 1. The van der Waals surface area contributed by atoms with Crippen LogP contribution in [0.4, 0.5) is 4.79 Å². The number of azide groups is 1. The highest BCUT2D eigenvalue weighted by Gasteiger charge is 2.17. The Labute approximate surface area is 138 Å². The van der Waals surface area contributed by atoms with E-state index in [1.54, 1.807) is 0 Å². The van der Waals surface area contributed by atoms with Crippen molar-refractivity contribution in [3.63, 3.8) is 0 Å². The largest absolute Gasteiger partial charge is 0.444 e. The van der Waals surface area contributed by atoms with Gasteiger partial charge in [0.1, 0.15) is 5.60 Å². The Morgan fingerprint density at radius 2 is 2.04 bits per heavy atom. The van der Waals surface area contributed by atoms with E-state index in [0.717, 1.165) is 38.9 Å². The first-order valence-electron chi connectivity index (χ1n) is 8.22. The monoisotopic (exact) mass is 327 g/mol. The molecule has 1 aliphatic rings. The zero-order valence-electron chi connectivity index (χ0n) is 14.5. The number of ether oxygens (including phenoxy) is 2. The molecule has 1 N–H and O–H groups in total. The van der Waals surface area contributed by atoms with E-state index in [1.807, 2.05) is 20.8 Å². The summed E-state index contributed by atoms with van der Waals surface area (Å²) < 4.78 is 10.6. The molecule has 0 aromatic rings. The third-order valence-corrected chi connectivity index (χ3v) is 3.45. The minimum atomic E-state index is -0.475. The Hall–Kier alpha value is -1.50. The van der Waals surface area contributed by atoms with E-state index in [2.05, 4.69) is 20.2 Å². The van der Waals surface area contributed by atoms with Gasteiger partial charge in [-0.15, -0.1) is 0 Å². The van der Waals surface area contributed by atoms with Crippen molar-refractivity contribution in [1.82, 2.24) is 10.2 Å². The molecule has 0 unspecified atom stereocenters. The summed E-state index contributed by atoms with van der Waals surface area (Å²) in [6, 6.07) is 0.159. The van der Waals surface area contributed by atoms with Crippen LogP contribution in [0.1, 0.15) is 40.0 Å². The Balaban J connectivity index is 1.94. The van der Waals surface area contributed by atoms with Gasteiger partial charge in [-0.2, -0.15) is 0 Å². The van der Waals surface area contributed by atoms with E-state index in [-0.39, 0.29) is 6.04 Å². The number of amides is 1. The Morgan fingerprint density at radius 1 is 1.35 bits per heavy atom. The number of hydrogen-bond donors (Lipinski definition) is 1. The van der Waals surface area contributed by atoms with Crippen LogP contribution >= 0.6 is 0 Å². The topological polar surface area (TPSA) is 99.6 Å². The molecule has 23 heavy (non-hydrogen) atoms. The number of nitrogens with zero attached hydrogens (tertiary/aromatic N) is 4. The third-order valence-electron chi connectivity index (χ3n) is 3.45. The Kier molecular flexibility index (Phi) is 8.76. The van der Waals surface area contributed by atoms with Crippen LogP contribution in [-0.2, 0) is 9.47 Å². The average Bonchev–Trinajstić information content (AvgIpc) is 2.46. The summed E-state index contributed by atoms with van der Waals surface area (Å²) in [5, 5.41) is 6.43. The summed E-state index contributed by atoms with van der Waals surface area (Å²) >= 11 is 0. The van der Waals surface area contributed by atoms with Crippen molar-refractivity contribution < 1.29 is 14.3 Å². The fraction of sp³-hybridized carbons (Fsp3) is 0.933. The number of carbonyl (C=O) groups excluding carboxylic acids is 1. The van der Waals surface area contributed by atoms with Gasteiger partial charge in [-0.1, -0.05) is 5.11 Å². The molecule has 8 heteroatoms. The predicted octanol–water partition coefficient (Wildman–Crippen LogP) is 2.69. The third kappa shape index (κ3) is 9.99. The van der Waals surface area contributed by atoms with Gasteiger partial charge in [-0.3, -0.25) is 0 Å². The van der Waals surface area contributed by atoms with Gasteiger partial charge in [0.25, 0.3) is 0 Å². The molecule has 0 aromatic carbocycles. The van der Waals surface area contributed by atoms with Crippen LogP contribution in [0, 0.1) is 0 Å². The number of rotatable bonds is 8. The number of piperidine rings is 1. The van der Waals surface area contributed by atoms with Crippen LogP contribution in [-0.4, -0.2) is 62.0 Å². The Morgan fingerprint density at radius 3 is 2.65 bits per heavy atom. The summed E-state index contributed by atoms with van der Waals surface area (Å²) in [5.74, 6) is 0. The predicted molar refractivity (Wildman–Crippen MR) is 88.3 cm³/mol. The molecule has 0 bridgehead atoms. The number of hydrogen-bond acceptors (Lipinski definition) is 5. The van der Waals surface area contributed by atoms with Crippen LogP contribution in [0.15, 0.2) is 5.11 Å². The van der Waals surface area contributed by atoms with E-state index in [1.165, 1.54) is 0 Å². The first kappa shape index (κ1) is 19.5. The summed E-state index contributed by atoms with van der Waals surface area (Å²) in [7, 11) is 0. The van der Waals surface area contributed by atoms with Gasteiger partial charge in [0, 0.05) is 30.6 Å². The van der Waals surface area contributed by atoms with Crippen molar-refractivity contribution in [3.05, 3.63) is 10.4 Å². The van der Waals surface area contributed by atoms with Crippen molar-refractivity contribution in [1.29, 1.82) is 0 Å². The van der Waals surface area contributed by atoms with Gasteiger partial charge < -0.3 is 19.7 Å². The maximum absolute atomic E-state index is 11.4. The molecular weight excluding hydrogens is 298 g/mol. The van der Waals surface area contributed by atoms with Gasteiger partial charge in [-0.25, -0.2) is 4.79 Å². The maximum atomic E-state index is 11.4. The second-order valence-corrected chi connectivity index (χ2v) is 6.67. The Bertz CT molecular complexity index is 396. The molecule has 1 aliphatic heterocycles. The highest BCUT2D eigenvalue weighted by atomic mass is 16.6. The maximum Gasteiger partial charge on any atom is 0.407 e. The first-order chi connectivity index (χ1) is 10.9. The lowest BCUT2D eigenvalue weighted by Gasteiger charge is -2.29. The fourth-order valence-corrected chi connectivity index (χ4v) is 2.36. The van der Waals surface area contributed by atoms with Crippen molar-refractivity contribution in [3.8, 4) is 0 Å². The molecule has 1 fully saturated rings. The van der Waals surface area contributed by atoms with Gasteiger partial charge in [-0.05, 0) is 58.7 Å². The van der Waals surface area contributed by atoms with Crippen LogP contribution in [0.3, 0.4) is 0 Å². The minimum absolute atomic E-state index is 0.159. The summed E-state index contributed by atoms with van der Waals surface area (Å²) in [4.78, 5) is 16.6. The zero-order chi connectivity index (χ0) is 17.1. The molecule has 1 saturated heterocycles. The highest BCUT2D eigenvalue weighted by Crippen LogP contribution is 2.13. The zero-order valence-corrected chi connectivity index (χ0v) is 14.5. The van der Waals surface area contributed by atoms with Crippen molar-refractivity contribution >= 4 is 6.09 Å². The van der Waals surface area contributed by atoms with E-state index in [4.69, 9.17) is 15.0 Å². The average molecular weight is 327 g/mol. The van der Waals surface area contributed by atoms with Crippen LogP contribution < -0.4 is 5.32 Å². The molecule has 132 valence electrons. The summed E-state index contributed by atoms with van der Waals surface area (Å²) in [6.45, 7) is 10.0. The molecule has 0 radical (unpaired) electrons. The van der Waals surface area contributed by atoms with E-state index in [0.29, 0.717) is 19.8 Å². The van der Waals surface area contributed by atoms with Crippen molar-refractivity contribution in [2.24, 2.45) is 5.11 Å². The highest BCUT2D eigenvalue weighted by molar-refractivity contribution is 5.67. The van der Waals surface area contributed by atoms with Crippen molar-refractivity contribution in [2.45, 2.75) is 51.7 Å². The molecule has 1 heterocycles. The lowest BCUT2D eigenvalue weighted by molar-refractivity contribution is 0.0495. The van der Waals surface area contributed by atoms with Crippen LogP contribution in [0.5, 0.6) is 0 Å². The standard InChI is InChI=1S/C15H29N5O3/c1-15(2,3)23-14(21)17-7-12-22-11-4-8-20-9-5-13(6-10-20)18-19-16/h13H,4-12H2,1-3H3,(H,17,21). The van der Waals surface area contributed by atoms with E-state index in [9.17, 15) is 4.79 Å². The molecular formula is C15H29N5O3. The van der Waals surface area contributed by atoms with Crippen LogP contribution in [0.25, 0.3) is 10.4 Å². The van der Waals surface area contributed by atoms with Gasteiger partial charge in [0.05, 0.1) is 6.61 Å². The SMILES string of the molecule is CC(C)(C)OC(=O)NCCOCCCN1CCC(N=[N+]=[N-])CC1. The van der Waals surface area contributed by atoms with Gasteiger partial charge in [0.2, 0.25) is 0 Å². The molecule has 1 rings (SSSR count). The fourth-order valence-electron chi connectivity index (χ4n) is 2.36. The molecule has 1 amide bonds. The molecule has 0 atom stereocenters. The first-order valence-corrected chi connectivity index (χ1v) is 8.22. The van der Waals surface area contributed by atoms with E-state index < -0.39 is 11.7 Å². The lowest BCUT2D eigenvalue weighted by atomic mass is 10.1. The van der Waals surface area contributed by atoms with Gasteiger partial charge >= 0.3 is 6.09 Å². The van der Waals surface area contributed by atoms with Crippen molar-refractivity contribution in [2.75, 3.05) is 39.4 Å². The minimum Gasteiger partial charge on any atom is -0.444 e. The van der Waals surface area contributed by atoms with E-state index >= 15 is 0 Å². The molecule has 0 spiro atoms. The summed E-state index contributed by atoms with van der Waals surface area (Å²) in [6.07, 6.45) is 2.41. The lowest BCUT2D eigenvalue weighted by Crippen LogP contribution is -2.36. The normalized spacial score (nSPS) is 16.7. The smallest absolute Gasteiger partial charge is 0.407 e.